The highest BCUT2D eigenvalue weighted by molar-refractivity contribution is 9.10. The summed E-state index contributed by atoms with van der Waals surface area (Å²) < 4.78 is 14.2. The zero-order valence-corrected chi connectivity index (χ0v) is 14.6. The second kappa shape index (κ2) is 6.73. The van der Waals surface area contributed by atoms with Crippen LogP contribution in [0.25, 0.3) is 0 Å². The van der Waals surface area contributed by atoms with Crippen LogP contribution in [0.3, 0.4) is 0 Å². The molecule has 1 N–H and O–H groups in total. The van der Waals surface area contributed by atoms with Crippen molar-refractivity contribution < 1.29 is 14.0 Å². The van der Waals surface area contributed by atoms with Gasteiger partial charge in [-0.05, 0) is 52.7 Å². The molecule has 0 aromatic heterocycles. The van der Waals surface area contributed by atoms with E-state index in [1.807, 2.05) is 24.3 Å². The van der Waals surface area contributed by atoms with E-state index < -0.39 is 11.7 Å². The highest BCUT2D eigenvalue weighted by atomic mass is 79.9. The van der Waals surface area contributed by atoms with Gasteiger partial charge in [-0.2, -0.15) is 0 Å². The molecule has 2 aromatic carbocycles. The Balaban J connectivity index is 1.75. The van der Waals surface area contributed by atoms with Crippen LogP contribution in [0.15, 0.2) is 46.9 Å². The summed E-state index contributed by atoms with van der Waals surface area (Å²) in [4.78, 5) is 26.3. The number of anilines is 2. The summed E-state index contributed by atoms with van der Waals surface area (Å²) in [5, 5.41) is 2.73. The number of hydrogen-bond acceptors (Lipinski definition) is 2. The Kier molecular flexibility index (Phi) is 4.66. The van der Waals surface area contributed by atoms with E-state index in [2.05, 4.69) is 21.2 Å². The van der Waals surface area contributed by atoms with Crippen LogP contribution in [-0.2, 0) is 9.59 Å². The molecule has 1 aliphatic heterocycles. The van der Waals surface area contributed by atoms with Gasteiger partial charge < -0.3 is 10.2 Å². The molecule has 124 valence electrons. The Morgan fingerprint density at radius 2 is 2.04 bits per heavy atom. The predicted molar refractivity (Wildman–Crippen MR) is 94.4 cm³/mol. The lowest BCUT2D eigenvalue weighted by Gasteiger charge is -2.18. The number of aryl methyl sites for hydroxylation is 1. The fourth-order valence-corrected chi connectivity index (χ4v) is 3.25. The molecule has 0 bridgehead atoms. The summed E-state index contributed by atoms with van der Waals surface area (Å²) in [6, 6.07) is 11.6. The molecule has 2 aromatic rings. The Morgan fingerprint density at radius 3 is 2.79 bits per heavy atom. The van der Waals surface area contributed by atoms with Crippen LogP contribution in [0.4, 0.5) is 15.8 Å². The van der Waals surface area contributed by atoms with Gasteiger partial charge in [-0.15, -0.1) is 0 Å². The van der Waals surface area contributed by atoms with Gasteiger partial charge in [0.25, 0.3) is 0 Å². The molecular weight excluding hydrogens is 375 g/mol. The standard InChI is InChI=1S/C18H16BrFN2O2/c1-11-6-7-13(20)9-15(11)21-18(24)12-8-17(23)22(10-12)16-5-3-2-4-14(16)19/h2-7,9,12H,8,10H2,1H3,(H,21,24). The number of rotatable bonds is 3. The first-order valence-corrected chi connectivity index (χ1v) is 8.37. The van der Waals surface area contributed by atoms with Gasteiger partial charge in [0, 0.05) is 23.1 Å². The largest absolute Gasteiger partial charge is 0.325 e. The second-order valence-electron chi connectivity index (χ2n) is 5.81. The molecule has 2 amide bonds. The number of hydrogen-bond donors (Lipinski definition) is 1. The van der Waals surface area contributed by atoms with E-state index in [0.717, 1.165) is 15.7 Å². The van der Waals surface area contributed by atoms with Gasteiger partial charge in [-0.3, -0.25) is 9.59 Å². The van der Waals surface area contributed by atoms with Gasteiger partial charge in [0.05, 0.1) is 11.6 Å². The number of nitrogens with zero attached hydrogens (tertiary/aromatic N) is 1. The predicted octanol–water partition coefficient (Wildman–Crippen LogP) is 3.89. The summed E-state index contributed by atoms with van der Waals surface area (Å²) in [6.45, 7) is 2.10. The van der Waals surface area contributed by atoms with Crippen molar-refractivity contribution in [3.05, 3.63) is 58.3 Å². The van der Waals surface area contributed by atoms with Gasteiger partial charge >= 0.3 is 0 Å². The van der Waals surface area contributed by atoms with E-state index >= 15 is 0 Å². The van der Waals surface area contributed by atoms with Crippen molar-refractivity contribution in [2.75, 3.05) is 16.8 Å². The van der Waals surface area contributed by atoms with Gasteiger partial charge in [-0.1, -0.05) is 18.2 Å². The molecule has 0 spiro atoms. The van der Waals surface area contributed by atoms with E-state index in [1.54, 1.807) is 17.9 Å². The van der Waals surface area contributed by atoms with Crippen LogP contribution in [0.2, 0.25) is 0 Å². The Labute approximate surface area is 147 Å². The van der Waals surface area contributed by atoms with Crippen LogP contribution < -0.4 is 10.2 Å². The average molecular weight is 391 g/mol. The number of carbonyl (C=O) groups excluding carboxylic acids is 2. The molecule has 1 aliphatic rings. The first kappa shape index (κ1) is 16.6. The molecule has 6 heteroatoms. The summed E-state index contributed by atoms with van der Waals surface area (Å²) in [7, 11) is 0. The molecule has 0 aliphatic carbocycles. The van der Waals surface area contributed by atoms with E-state index in [1.165, 1.54) is 12.1 Å². The number of nitrogens with one attached hydrogen (secondary N) is 1. The van der Waals surface area contributed by atoms with Crippen molar-refractivity contribution in [3.8, 4) is 0 Å². The first-order chi connectivity index (χ1) is 11.5. The zero-order chi connectivity index (χ0) is 17.3. The van der Waals surface area contributed by atoms with Crippen LogP contribution in [0.1, 0.15) is 12.0 Å². The highest BCUT2D eigenvalue weighted by Crippen LogP contribution is 2.31. The monoisotopic (exact) mass is 390 g/mol. The van der Waals surface area contributed by atoms with Gasteiger partial charge in [0.15, 0.2) is 0 Å². The maximum absolute atomic E-state index is 13.3. The topological polar surface area (TPSA) is 49.4 Å². The molecule has 1 saturated heterocycles. The lowest BCUT2D eigenvalue weighted by molar-refractivity contribution is -0.122. The van der Waals surface area contributed by atoms with Crippen LogP contribution >= 0.6 is 15.9 Å². The number of amides is 2. The molecule has 1 atom stereocenters. The number of carbonyl (C=O) groups is 2. The van der Waals surface area contributed by atoms with Crippen LogP contribution in [-0.4, -0.2) is 18.4 Å². The van der Waals surface area contributed by atoms with Crippen molar-refractivity contribution in [1.29, 1.82) is 0 Å². The molecule has 4 nitrogen and oxygen atoms in total. The minimum atomic E-state index is -0.465. The summed E-state index contributed by atoms with van der Waals surface area (Å²) >= 11 is 3.43. The normalized spacial score (nSPS) is 17.2. The number of benzene rings is 2. The van der Waals surface area contributed by atoms with Crippen molar-refractivity contribution in [2.24, 2.45) is 5.92 Å². The molecule has 1 unspecified atom stereocenters. The van der Waals surface area contributed by atoms with Crippen molar-refractivity contribution in [1.82, 2.24) is 0 Å². The van der Waals surface area contributed by atoms with E-state index in [4.69, 9.17) is 0 Å². The van der Waals surface area contributed by atoms with Crippen molar-refractivity contribution in [2.45, 2.75) is 13.3 Å². The Bertz CT molecular complexity index is 809. The summed E-state index contributed by atoms with van der Waals surface area (Å²) in [5.74, 6) is -1.25. The molecule has 24 heavy (non-hydrogen) atoms. The van der Waals surface area contributed by atoms with Crippen LogP contribution in [0.5, 0.6) is 0 Å². The molecule has 3 rings (SSSR count). The maximum Gasteiger partial charge on any atom is 0.229 e. The maximum atomic E-state index is 13.3. The summed E-state index contributed by atoms with van der Waals surface area (Å²) in [5.41, 5.74) is 1.96. The lowest BCUT2D eigenvalue weighted by atomic mass is 10.1. The minimum Gasteiger partial charge on any atom is -0.325 e. The quantitative estimate of drug-likeness (QED) is 0.863. The fraction of sp³-hybridized carbons (Fsp3) is 0.222. The zero-order valence-electron chi connectivity index (χ0n) is 13.1. The lowest BCUT2D eigenvalue weighted by Crippen LogP contribution is -2.28. The molecule has 1 heterocycles. The number of halogens is 2. The van der Waals surface area contributed by atoms with E-state index in [9.17, 15) is 14.0 Å². The highest BCUT2D eigenvalue weighted by Gasteiger charge is 2.35. The summed E-state index contributed by atoms with van der Waals surface area (Å²) in [6.07, 6.45) is 0.140. The minimum absolute atomic E-state index is 0.0991. The third kappa shape index (κ3) is 3.33. The third-order valence-corrected chi connectivity index (χ3v) is 4.77. The SMILES string of the molecule is Cc1ccc(F)cc1NC(=O)C1CC(=O)N(c2ccccc2Br)C1. The van der Waals surface area contributed by atoms with Crippen LogP contribution in [0, 0.1) is 18.7 Å². The van der Waals surface area contributed by atoms with E-state index in [0.29, 0.717) is 12.2 Å². The number of para-hydroxylation sites is 1. The van der Waals surface area contributed by atoms with Gasteiger partial charge in [0.1, 0.15) is 5.82 Å². The van der Waals surface area contributed by atoms with E-state index in [-0.39, 0.29) is 18.2 Å². The molecule has 0 radical (unpaired) electrons. The van der Waals surface area contributed by atoms with Crippen molar-refractivity contribution >= 4 is 39.1 Å². The van der Waals surface area contributed by atoms with Gasteiger partial charge in [0.2, 0.25) is 11.8 Å². The first-order valence-electron chi connectivity index (χ1n) is 7.57. The fourth-order valence-electron chi connectivity index (χ4n) is 2.75. The Hall–Kier alpha value is -2.21. The van der Waals surface area contributed by atoms with Gasteiger partial charge in [-0.25, -0.2) is 4.39 Å². The second-order valence-corrected chi connectivity index (χ2v) is 6.66. The average Bonchev–Trinajstić information content (AvgIpc) is 2.93. The van der Waals surface area contributed by atoms with Crippen molar-refractivity contribution in [3.63, 3.8) is 0 Å². The molecule has 0 saturated carbocycles. The smallest absolute Gasteiger partial charge is 0.229 e. The third-order valence-electron chi connectivity index (χ3n) is 4.10. The Morgan fingerprint density at radius 1 is 1.29 bits per heavy atom. The molecular formula is C18H16BrFN2O2. The molecule has 1 fully saturated rings.